The standard InChI is InChI=1S/C18H27BrN4O/c1-2-20-17(21-13-18(24)9-5-10-18)22-14-8-11-23(12-14)16-7-4-3-6-15(16)19/h3-4,6-7,14,24H,2,5,8-13H2,1H3,(H2,20,21,22). The Labute approximate surface area is 152 Å². The van der Waals surface area contributed by atoms with Crippen molar-refractivity contribution in [1.82, 2.24) is 10.6 Å². The van der Waals surface area contributed by atoms with Crippen molar-refractivity contribution in [1.29, 1.82) is 0 Å². The van der Waals surface area contributed by atoms with E-state index >= 15 is 0 Å². The lowest BCUT2D eigenvalue weighted by Crippen LogP contribution is -2.46. The normalized spacial score (nSPS) is 23.0. The molecule has 1 aliphatic heterocycles. The number of aliphatic hydroxyl groups is 1. The number of hydrogen-bond acceptors (Lipinski definition) is 3. The van der Waals surface area contributed by atoms with E-state index in [-0.39, 0.29) is 0 Å². The Kier molecular flexibility index (Phi) is 5.66. The summed E-state index contributed by atoms with van der Waals surface area (Å²) in [5.41, 5.74) is 0.673. The van der Waals surface area contributed by atoms with E-state index < -0.39 is 5.60 Å². The highest BCUT2D eigenvalue weighted by atomic mass is 79.9. The Morgan fingerprint density at radius 3 is 2.88 bits per heavy atom. The molecule has 3 rings (SSSR count). The second kappa shape index (κ2) is 7.74. The maximum atomic E-state index is 10.2. The SMILES string of the molecule is CCNC(=NCC1(O)CCC1)NC1CCN(c2ccccc2Br)C1. The van der Waals surface area contributed by atoms with Gasteiger partial charge in [0.25, 0.3) is 0 Å². The number of benzene rings is 1. The van der Waals surface area contributed by atoms with Gasteiger partial charge in [0.15, 0.2) is 5.96 Å². The highest BCUT2D eigenvalue weighted by Gasteiger charge is 2.34. The van der Waals surface area contributed by atoms with Gasteiger partial charge in [0.1, 0.15) is 0 Å². The third-order valence-electron chi connectivity index (χ3n) is 4.88. The van der Waals surface area contributed by atoms with Gasteiger partial charge in [0.2, 0.25) is 0 Å². The van der Waals surface area contributed by atoms with Crippen molar-refractivity contribution in [2.75, 3.05) is 31.1 Å². The molecule has 1 saturated heterocycles. The van der Waals surface area contributed by atoms with Crippen LogP contribution in [0.3, 0.4) is 0 Å². The van der Waals surface area contributed by atoms with Crippen LogP contribution in [0.15, 0.2) is 33.7 Å². The first-order chi connectivity index (χ1) is 11.6. The lowest BCUT2D eigenvalue weighted by molar-refractivity contribution is -0.0236. The van der Waals surface area contributed by atoms with Crippen LogP contribution in [-0.2, 0) is 0 Å². The summed E-state index contributed by atoms with van der Waals surface area (Å²) >= 11 is 3.64. The van der Waals surface area contributed by atoms with Crippen LogP contribution in [0.1, 0.15) is 32.6 Å². The molecule has 1 aliphatic carbocycles. The van der Waals surface area contributed by atoms with Crippen LogP contribution < -0.4 is 15.5 Å². The molecule has 0 spiro atoms. The number of guanidine groups is 1. The molecule has 2 fully saturated rings. The number of anilines is 1. The van der Waals surface area contributed by atoms with Gasteiger partial charge in [0, 0.05) is 30.1 Å². The highest BCUT2D eigenvalue weighted by Crippen LogP contribution is 2.31. The molecule has 0 amide bonds. The van der Waals surface area contributed by atoms with Gasteiger partial charge >= 0.3 is 0 Å². The van der Waals surface area contributed by atoms with Gasteiger partial charge < -0.3 is 20.6 Å². The number of para-hydroxylation sites is 1. The summed E-state index contributed by atoms with van der Waals surface area (Å²) in [5.74, 6) is 0.816. The average molecular weight is 395 g/mol. The molecular formula is C18H27BrN4O. The summed E-state index contributed by atoms with van der Waals surface area (Å²) in [6, 6.07) is 8.72. The molecule has 1 atom stereocenters. The quantitative estimate of drug-likeness (QED) is 0.530. The molecule has 1 unspecified atom stereocenters. The number of nitrogens with zero attached hydrogens (tertiary/aromatic N) is 2. The fraction of sp³-hybridized carbons (Fsp3) is 0.611. The number of aliphatic imine (C=N–C) groups is 1. The molecule has 3 N–H and O–H groups in total. The highest BCUT2D eigenvalue weighted by molar-refractivity contribution is 9.10. The summed E-state index contributed by atoms with van der Waals surface area (Å²) < 4.78 is 1.14. The van der Waals surface area contributed by atoms with E-state index in [2.05, 4.69) is 61.6 Å². The summed E-state index contributed by atoms with van der Waals surface area (Å²) in [7, 11) is 0. The van der Waals surface area contributed by atoms with Gasteiger partial charge in [0.05, 0.1) is 17.8 Å². The lowest BCUT2D eigenvalue weighted by atomic mass is 9.80. The Hall–Kier alpha value is -1.27. The van der Waals surface area contributed by atoms with Gasteiger partial charge in [-0.05, 0) is 60.7 Å². The second-order valence-electron chi connectivity index (χ2n) is 6.80. The van der Waals surface area contributed by atoms with E-state index in [0.717, 1.165) is 55.7 Å². The number of rotatable bonds is 5. The minimum atomic E-state index is -0.570. The van der Waals surface area contributed by atoms with E-state index in [0.29, 0.717) is 12.6 Å². The molecule has 2 aliphatic rings. The third-order valence-corrected chi connectivity index (χ3v) is 5.55. The van der Waals surface area contributed by atoms with Gasteiger partial charge in [-0.15, -0.1) is 0 Å². The van der Waals surface area contributed by atoms with Crippen LogP contribution >= 0.6 is 15.9 Å². The van der Waals surface area contributed by atoms with Crippen molar-refractivity contribution in [2.24, 2.45) is 4.99 Å². The van der Waals surface area contributed by atoms with Gasteiger partial charge in [-0.1, -0.05) is 12.1 Å². The Morgan fingerprint density at radius 1 is 1.42 bits per heavy atom. The minimum Gasteiger partial charge on any atom is -0.388 e. The summed E-state index contributed by atoms with van der Waals surface area (Å²) in [5, 5.41) is 17.1. The monoisotopic (exact) mass is 394 g/mol. The molecule has 0 aromatic heterocycles. The maximum Gasteiger partial charge on any atom is 0.191 e. The Morgan fingerprint density at radius 2 is 2.21 bits per heavy atom. The average Bonchev–Trinajstić information content (AvgIpc) is 3.00. The van der Waals surface area contributed by atoms with Crippen LogP contribution in [0.5, 0.6) is 0 Å². The van der Waals surface area contributed by atoms with E-state index in [9.17, 15) is 5.11 Å². The van der Waals surface area contributed by atoms with Crippen LogP contribution in [-0.4, -0.2) is 48.9 Å². The summed E-state index contributed by atoms with van der Waals surface area (Å²) in [4.78, 5) is 7.00. The zero-order chi connectivity index (χ0) is 17.0. The van der Waals surface area contributed by atoms with Crippen molar-refractivity contribution in [3.63, 3.8) is 0 Å². The van der Waals surface area contributed by atoms with E-state index in [1.54, 1.807) is 0 Å². The van der Waals surface area contributed by atoms with Gasteiger partial charge in [-0.3, -0.25) is 4.99 Å². The van der Waals surface area contributed by atoms with Crippen molar-refractivity contribution in [2.45, 2.75) is 44.2 Å². The van der Waals surface area contributed by atoms with E-state index in [1.165, 1.54) is 5.69 Å². The largest absolute Gasteiger partial charge is 0.388 e. The zero-order valence-electron chi connectivity index (χ0n) is 14.3. The van der Waals surface area contributed by atoms with Crippen LogP contribution in [0, 0.1) is 0 Å². The molecule has 1 aromatic carbocycles. The van der Waals surface area contributed by atoms with Crippen molar-refractivity contribution >= 4 is 27.6 Å². The zero-order valence-corrected chi connectivity index (χ0v) is 15.8. The summed E-state index contributed by atoms with van der Waals surface area (Å²) in [6.07, 6.45) is 3.93. The van der Waals surface area contributed by atoms with E-state index in [4.69, 9.17) is 0 Å². The summed E-state index contributed by atoms with van der Waals surface area (Å²) in [6.45, 7) is 5.37. The van der Waals surface area contributed by atoms with Crippen LogP contribution in [0.4, 0.5) is 5.69 Å². The van der Waals surface area contributed by atoms with Crippen LogP contribution in [0.25, 0.3) is 0 Å². The Bertz CT molecular complexity index is 588. The molecule has 6 heteroatoms. The first kappa shape index (κ1) is 17.5. The smallest absolute Gasteiger partial charge is 0.191 e. The topological polar surface area (TPSA) is 59.9 Å². The fourth-order valence-electron chi connectivity index (χ4n) is 3.29. The van der Waals surface area contributed by atoms with Gasteiger partial charge in [-0.2, -0.15) is 0 Å². The molecule has 0 radical (unpaired) electrons. The fourth-order valence-corrected chi connectivity index (χ4v) is 3.82. The molecule has 1 saturated carbocycles. The van der Waals surface area contributed by atoms with Crippen LogP contribution in [0.2, 0.25) is 0 Å². The molecule has 0 bridgehead atoms. The molecule has 1 aromatic rings. The van der Waals surface area contributed by atoms with Crippen molar-refractivity contribution in [3.05, 3.63) is 28.7 Å². The van der Waals surface area contributed by atoms with Gasteiger partial charge in [-0.25, -0.2) is 0 Å². The first-order valence-corrected chi connectivity index (χ1v) is 9.66. The van der Waals surface area contributed by atoms with Crippen molar-refractivity contribution in [3.8, 4) is 0 Å². The maximum absolute atomic E-state index is 10.2. The predicted octanol–water partition coefficient (Wildman–Crippen LogP) is 2.50. The predicted molar refractivity (Wildman–Crippen MR) is 103 cm³/mol. The Balaban J connectivity index is 1.58. The number of halogens is 1. The molecule has 24 heavy (non-hydrogen) atoms. The second-order valence-corrected chi connectivity index (χ2v) is 7.65. The molecule has 132 valence electrons. The first-order valence-electron chi connectivity index (χ1n) is 8.86. The third kappa shape index (κ3) is 4.22. The minimum absolute atomic E-state index is 0.367. The number of nitrogens with one attached hydrogen (secondary N) is 2. The van der Waals surface area contributed by atoms with Crippen molar-refractivity contribution < 1.29 is 5.11 Å². The molecular weight excluding hydrogens is 368 g/mol. The molecule has 1 heterocycles. The lowest BCUT2D eigenvalue weighted by Gasteiger charge is -2.35. The number of hydrogen-bond donors (Lipinski definition) is 3. The van der Waals surface area contributed by atoms with E-state index in [1.807, 2.05) is 6.07 Å². The molecule has 5 nitrogen and oxygen atoms in total.